The number of ether oxygens (including phenoxy) is 2. The molecule has 0 aromatic heterocycles. The van der Waals surface area contributed by atoms with Crippen LogP contribution in [-0.4, -0.2) is 34.2 Å². The predicted octanol–water partition coefficient (Wildman–Crippen LogP) is 2.42. The Hall–Kier alpha value is -2.35. The van der Waals surface area contributed by atoms with Crippen LogP contribution in [0.5, 0.6) is 5.75 Å². The minimum Gasteiger partial charge on any atom is -0.478 e. The normalized spacial score (nSPS) is 13.0. The number of halogens is 1. The molecule has 0 spiro atoms. The highest BCUT2D eigenvalue weighted by molar-refractivity contribution is 6.30. The van der Waals surface area contributed by atoms with E-state index in [1.54, 1.807) is 13.8 Å². The maximum absolute atomic E-state index is 11.8. The van der Waals surface area contributed by atoms with Crippen LogP contribution in [0.3, 0.4) is 0 Å². The smallest absolute Gasteiger partial charge is 0.359 e. The number of carbonyl (C=O) groups excluding carboxylic acids is 1. The van der Waals surface area contributed by atoms with E-state index in [1.165, 1.54) is 6.07 Å². The average molecular weight is 332 g/mol. The second-order valence-corrected chi connectivity index (χ2v) is 4.80. The van der Waals surface area contributed by atoms with E-state index in [2.05, 4.69) is 0 Å². The maximum Gasteiger partial charge on any atom is 0.359 e. The lowest BCUT2D eigenvalue weighted by molar-refractivity contribution is -0.386. The van der Waals surface area contributed by atoms with E-state index in [-0.39, 0.29) is 10.8 Å². The zero-order chi connectivity index (χ0) is 16.9. The van der Waals surface area contributed by atoms with Gasteiger partial charge in [-0.25, -0.2) is 9.59 Å². The predicted molar refractivity (Wildman–Crippen MR) is 76.0 cm³/mol. The van der Waals surface area contributed by atoms with Crippen molar-refractivity contribution in [1.29, 1.82) is 0 Å². The maximum atomic E-state index is 11.8. The van der Waals surface area contributed by atoms with Crippen molar-refractivity contribution in [3.63, 3.8) is 0 Å². The SMILES string of the molecule is CCC(C)OC(=O)C(Oc1ccc(Cl)cc1[N+](=O)[O-])C(=O)O. The van der Waals surface area contributed by atoms with Gasteiger partial charge in [0.15, 0.2) is 5.75 Å². The zero-order valence-corrected chi connectivity index (χ0v) is 12.6. The highest BCUT2D eigenvalue weighted by Crippen LogP contribution is 2.30. The number of hydrogen-bond donors (Lipinski definition) is 1. The number of nitro benzene ring substituents is 1. The Labute approximate surface area is 130 Å². The number of carboxylic acid groups (broad SMARTS) is 1. The summed E-state index contributed by atoms with van der Waals surface area (Å²) in [7, 11) is 0. The van der Waals surface area contributed by atoms with Crippen LogP contribution in [0.15, 0.2) is 18.2 Å². The third kappa shape index (κ3) is 4.59. The molecule has 0 bridgehead atoms. The molecule has 9 heteroatoms. The molecule has 0 saturated carbocycles. The molecule has 0 fully saturated rings. The monoisotopic (exact) mass is 331 g/mol. The molecule has 0 amide bonds. The summed E-state index contributed by atoms with van der Waals surface area (Å²) in [5.41, 5.74) is -0.546. The van der Waals surface area contributed by atoms with E-state index in [0.29, 0.717) is 6.42 Å². The minimum absolute atomic E-state index is 0.0770. The summed E-state index contributed by atoms with van der Waals surface area (Å²) in [6.45, 7) is 3.33. The molecular weight excluding hydrogens is 318 g/mol. The van der Waals surface area contributed by atoms with Crippen LogP contribution in [0.2, 0.25) is 5.02 Å². The number of nitrogens with zero attached hydrogens (tertiary/aromatic N) is 1. The third-order valence-corrected chi connectivity index (χ3v) is 2.93. The molecule has 1 N–H and O–H groups in total. The number of nitro groups is 1. The van der Waals surface area contributed by atoms with Crippen LogP contribution in [0.4, 0.5) is 5.69 Å². The molecule has 8 nitrogen and oxygen atoms in total. The van der Waals surface area contributed by atoms with Gasteiger partial charge in [0.1, 0.15) is 0 Å². The summed E-state index contributed by atoms with van der Waals surface area (Å²) in [5, 5.41) is 20.1. The molecule has 1 aromatic rings. The fraction of sp³-hybridized carbons (Fsp3) is 0.385. The van der Waals surface area contributed by atoms with Gasteiger partial charge >= 0.3 is 17.6 Å². The highest BCUT2D eigenvalue weighted by Gasteiger charge is 2.33. The van der Waals surface area contributed by atoms with Crippen molar-refractivity contribution in [1.82, 2.24) is 0 Å². The van der Waals surface area contributed by atoms with E-state index in [9.17, 15) is 19.7 Å². The van der Waals surface area contributed by atoms with Crippen LogP contribution >= 0.6 is 11.6 Å². The van der Waals surface area contributed by atoms with Gasteiger partial charge in [-0.1, -0.05) is 18.5 Å². The summed E-state index contributed by atoms with van der Waals surface area (Å²) in [6.07, 6.45) is -2.02. The van der Waals surface area contributed by atoms with Crippen molar-refractivity contribution in [2.45, 2.75) is 32.5 Å². The minimum atomic E-state index is -2.01. The lowest BCUT2D eigenvalue weighted by Gasteiger charge is -2.17. The van der Waals surface area contributed by atoms with Gasteiger partial charge in [0.25, 0.3) is 6.10 Å². The van der Waals surface area contributed by atoms with Crippen molar-refractivity contribution in [3.05, 3.63) is 33.3 Å². The Morgan fingerprint density at radius 3 is 2.59 bits per heavy atom. The Kier molecular flexibility index (Phi) is 6.11. The lowest BCUT2D eigenvalue weighted by atomic mass is 10.2. The summed E-state index contributed by atoms with van der Waals surface area (Å²) in [5.74, 6) is -3.13. The number of rotatable bonds is 7. The second-order valence-electron chi connectivity index (χ2n) is 4.36. The van der Waals surface area contributed by atoms with Crippen molar-refractivity contribution in [2.75, 3.05) is 0 Å². The first-order valence-electron chi connectivity index (χ1n) is 6.30. The Bertz CT molecular complexity index is 590. The highest BCUT2D eigenvalue weighted by atomic mass is 35.5. The van der Waals surface area contributed by atoms with E-state index in [0.717, 1.165) is 12.1 Å². The van der Waals surface area contributed by atoms with E-state index < -0.39 is 34.8 Å². The quantitative estimate of drug-likeness (QED) is 0.353. The Morgan fingerprint density at radius 2 is 2.09 bits per heavy atom. The summed E-state index contributed by atoms with van der Waals surface area (Å²) in [6, 6.07) is 3.39. The molecule has 1 aromatic carbocycles. The topological polar surface area (TPSA) is 116 Å². The molecule has 2 atom stereocenters. The van der Waals surface area contributed by atoms with Gasteiger partial charge in [0.05, 0.1) is 11.0 Å². The number of hydrogen-bond acceptors (Lipinski definition) is 6. The van der Waals surface area contributed by atoms with Crippen molar-refractivity contribution >= 4 is 29.2 Å². The Morgan fingerprint density at radius 1 is 1.45 bits per heavy atom. The first kappa shape index (κ1) is 17.7. The molecule has 0 saturated heterocycles. The molecule has 22 heavy (non-hydrogen) atoms. The largest absolute Gasteiger partial charge is 0.478 e. The molecule has 0 radical (unpaired) electrons. The van der Waals surface area contributed by atoms with E-state index >= 15 is 0 Å². The fourth-order valence-electron chi connectivity index (χ4n) is 1.40. The van der Waals surface area contributed by atoms with E-state index in [4.69, 9.17) is 26.2 Å². The van der Waals surface area contributed by atoms with Gasteiger partial charge in [-0.2, -0.15) is 0 Å². The average Bonchev–Trinajstić information content (AvgIpc) is 2.44. The van der Waals surface area contributed by atoms with Crippen LogP contribution in [0.25, 0.3) is 0 Å². The second kappa shape index (κ2) is 7.60. The number of carbonyl (C=O) groups is 2. The Balaban J connectivity index is 3.04. The van der Waals surface area contributed by atoms with Gasteiger partial charge in [-0.3, -0.25) is 10.1 Å². The molecule has 1 rings (SSSR count). The number of carboxylic acids is 1. The van der Waals surface area contributed by atoms with Crippen molar-refractivity contribution < 1.29 is 29.1 Å². The summed E-state index contributed by atoms with van der Waals surface area (Å²) >= 11 is 5.64. The molecule has 0 aliphatic heterocycles. The van der Waals surface area contributed by atoms with Gasteiger partial charge in [0, 0.05) is 11.1 Å². The van der Waals surface area contributed by atoms with Crippen LogP contribution in [-0.2, 0) is 14.3 Å². The fourth-order valence-corrected chi connectivity index (χ4v) is 1.57. The van der Waals surface area contributed by atoms with Crippen molar-refractivity contribution in [3.8, 4) is 5.75 Å². The number of esters is 1. The summed E-state index contributed by atoms with van der Waals surface area (Å²) in [4.78, 5) is 33.1. The molecule has 120 valence electrons. The summed E-state index contributed by atoms with van der Waals surface area (Å²) < 4.78 is 9.83. The molecular formula is C13H14ClNO7. The van der Waals surface area contributed by atoms with Crippen LogP contribution in [0.1, 0.15) is 20.3 Å². The number of benzene rings is 1. The van der Waals surface area contributed by atoms with Gasteiger partial charge in [-0.15, -0.1) is 0 Å². The van der Waals surface area contributed by atoms with Gasteiger partial charge in [0.2, 0.25) is 0 Å². The molecule has 0 aliphatic carbocycles. The van der Waals surface area contributed by atoms with E-state index in [1.807, 2.05) is 0 Å². The van der Waals surface area contributed by atoms with Gasteiger partial charge < -0.3 is 14.6 Å². The first-order valence-corrected chi connectivity index (χ1v) is 6.68. The van der Waals surface area contributed by atoms with Crippen LogP contribution < -0.4 is 4.74 Å². The molecule has 2 unspecified atom stereocenters. The van der Waals surface area contributed by atoms with Crippen molar-refractivity contribution in [2.24, 2.45) is 0 Å². The number of aliphatic carboxylic acids is 1. The molecule has 0 heterocycles. The third-order valence-electron chi connectivity index (χ3n) is 2.69. The van der Waals surface area contributed by atoms with Gasteiger partial charge in [-0.05, 0) is 25.5 Å². The molecule has 0 aliphatic rings. The lowest BCUT2D eigenvalue weighted by Crippen LogP contribution is -2.38. The standard InChI is InChI=1S/C13H14ClNO7/c1-3-7(2)21-13(18)11(12(16)17)22-10-5-4-8(14)6-9(10)15(19)20/h4-7,11H,3H2,1-2H3,(H,16,17). The van der Waals surface area contributed by atoms with Crippen LogP contribution in [0, 0.1) is 10.1 Å². The zero-order valence-electron chi connectivity index (χ0n) is 11.8. The first-order chi connectivity index (χ1) is 10.3.